The molecule has 0 saturated heterocycles. The van der Waals surface area contributed by atoms with Crippen LogP contribution in [0.15, 0.2) is 76.0 Å². The van der Waals surface area contributed by atoms with Crippen LogP contribution in [0.5, 0.6) is 5.75 Å². The summed E-state index contributed by atoms with van der Waals surface area (Å²) in [6, 6.07) is 19.3. The van der Waals surface area contributed by atoms with Gasteiger partial charge in [-0.1, -0.05) is 35.3 Å². The van der Waals surface area contributed by atoms with Gasteiger partial charge in [0.1, 0.15) is 11.4 Å². The van der Waals surface area contributed by atoms with Crippen molar-refractivity contribution in [3.8, 4) is 11.4 Å². The number of methoxy groups -OCH3 is 1. The second-order valence-corrected chi connectivity index (χ2v) is 10.9. The lowest BCUT2D eigenvalue weighted by Crippen LogP contribution is -2.41. The van der Waals surface area contributed by atoms with E-state index in [0.717, 1.165) is 5.56 Å². The van der Waals surface area contributed by atoms with Crippen LogP contribution < -0.4 is 10.4 Å². The van der Waals surface area contributed by atoms with Crippen LogP contribution >= 0.6 is 39.1 Å². The number of fused-ring (bicyclic) bond motifs is 1. The first kappa shape index (κ1) is 27.2. The summed E-state index contributed by atoms with van der Waals surface area (Å²) in [5.41, 5.74) is 2.43. The lowest BCUT2D eigenvalue weighted by atomic mass is 10.0. The predicted octanol–water partition coefficient (Wildman–Crippen LogP) is 6.19. The average Bonchev–Trinajstić information content (AvgIpc) is 3.25. The molecule has 3 aromatic carbocycles. The molecule has 0 atom stereocenters. The van der Waals surface area contributed by atoms with Gasteiger partial charge in [0.15, 0.2) is 5.78 Å². The Hall–Kier alpha value is -3.33. The second-order valence-electron chi connectivity index (χ2n) is 9.17. The molecule has 10 heteroatoms. The van der Waals surface area contributed by atoms with Crippen molar-refractivity contribution in [1.82, 2.24) is 14.0 Å². The Morgan fingerprint density at radius 1 is 0.974 bits per heavy atom. The van der Waals surface area contributed by atoms with Gasteiger partial charge in [0.25, 0.3) is 5.91 Å². The number of aryl methyl sites for hydroxylation is 1. The summed E-state index contributed by atoms with van der Waals surface area (Å²) in [5, 5.41) is 1.05. The Bertz CT molecular complexity index is 1610. The Kier molecular flexibility index (Phi) is 7.98. The molecular weight excluding hydrogens is 605 g/mol. The molecule has 0 radical (unpaired) electrons. The van der Waals surface area contributed by atoms with Crippen LogP contribution in [0.3, 0.4) is 0 Å². The third kappa shape index (κ3) is 5.55. The van der Waals surface area contributed by atoms with Crippen LogP contribution in [0.2, 0.25) is 10.0 Å². The van der Waals surface area contributed by atoms with Crippen molar-refractivity contribution in [2.75, 3.05) is 13.7 Å². The molecule has 0 aliphatic carbocycles. The highest BCUT2D eigenvalue weighted by atomic mass is 79.9. The molecule has 4 aromatic rings. The van der Waals surface area contributed by atoms with Gasteiger partial charge in [-0.3, -0.25) is 18.7 Å². The average molecular weight is 629 g/mol. The van der Waals surface area contributed by atoms with Gasteiger partial charge in [-0.15, -0.1) is 0 Å². The number of carbonyl (C=O) groups excluding carboxylic acids is 2. The minimum atomic E-state index is -0.316. The van der Waals surface area contributed by atoms with Gasteiger partial charge in [-0.05, 0) is 82.5 Å². The number of Topliss-reactive ketones (excluding diaryl/α,β-unsaturated/α-hetero) is 1. The number of nitrogens with zero attached hydrogens (tertiary/aromatic N) is 3. The summed E-state index contributed by atoms with van der Waals surface area (Å²) in [5.74, 6) is 0.226. The number of hydrogen-bond donors (Lipinski definition) is 0. The molecule has 0 fully saturated rings. The number of ketones is 1. The Balaban J connectivity index is 1.53. The maximum absolute atomic E-state index is 13.8. The van der Waals surface area contributed by atoms with E-state index in [1.807, 2.05) is 12.1 Å². The zero-order valence-corrected chi connectivity index (χ0v) is 24.1. The molecule has 39 heavy (non-hydrogen) atoms. The molecule has 1 amide bonds. The maximum atomic E-state index is 13.8. The van der Waals surface area contributed by atoms with Crippen LogP contribution in [-0.2, 0) is 19.5 Å². The molecule has 1 aromatic heterocycles. The Morgan fingerprint density at radius 3 is 2.36 bits per heavy atom. The van der Waals surface area contributed by atoms with Gasteiger partial charge in [0, 0.05) is 34.6 Å². The first-order chi connectivity index (χ1) is 18.8. The number of ether oxygens (including phenoxy) is 1. The van der Waals surface area contributed by atoms with E-state index in [1.54, 1.807) is 71.2 Å². The fraction of sp³-hybridized carbons (Fsp3) is 0.207. The van der Waals surface area contributed by atoms with Crippen LogP contribution in [0.4, 0.5) is 0 Å². The molecule has 1 aliphatic heterocycles. The molecule has 0 saturated carbocycles. The van der Waals surface area contributed by atoms with Crippen molar-refractivity contribution in [3.63, 3.8) is 0 Å². The largest absolute Gasteiger partial charge is 0.497 e. The quantitative estimate of drug-likeness (QED) is 0.229. The predicted molar refractivity (Wildman–Crippen MR) is 155 cm³/mol. The number of hydrogen-bond acceptors (Lipinski definition) is 4. The minimum Gasteiger partial charge on any atom is -0.497 e. The summed E-state index contributed by atoms with van der Waals surface area (Å²) < 4.78 is 9.00. The molecule has 5 rings (SSSR count). The van der Waals surface area contributed by atoms with Crippen LogP contribution in [0.1, 0.15) is 38.5 Å². The van der Waals surface area contributed by atoms with E-state index >= 15 is 0 Å². The van der Waals surface area contributed by atoms with Crippen LogP contribution in [0.25, 0.3) is 5.69 Å². The molecule has 200 valence electrons. The lowest BCUT2D eigenvalue weighted by Gasteiger charge is -2.28. The fourth-order valence-corrected chi connectivity index (χ4v) is 5.28. The fourth-order valence-electron chi connectivity index (χ4n) is 4.73. The topological polar surface area (TPSA) is 73.5 Å². The highest BCUT2D eigenvalue weighted by molar-refractivity contribution is 9.10. The van der Waals surface area contributed by atoms with Gasteiger partial charge in [-0.2, -0.15) is 0 Å². The van der Waals surface area contributed by atoms with E-state index in [2.05, 4.69) is 15.9 Å². The number of imidazole rings is 1. The van der Waals surface area contributed by atoms with Gasteiger partial charge >= 0.3 is 5.69 Å². The number of amides is 1. The summed E-state index contributed by atoms with van der Waals surface area (Å²) in [4.78, 5) is 42.4. The highest BCUT2D eigenvalue weighted by Gasteiger charge is 2.32. The van der Waals surface area contributed by atoms with Crippen LogP contribution in [0, 0.1) is 0 Å². The SMILES string of the molecule is COc1ccc(-n2c(C(=O)CCc3ccc(Cl)cc3)c3n(c2=O)CCN(C(=O)c2ccc(Br)c(Cl)c2)C3)cc1. The molecule has 0 spiro atoms. The molecule has 2 heterocycles. The highest BCUT2D eigenvalue weighted by Crippen LogP contribution is 2.27. The molecule has 0 unspecified atom stereocenters. The van der Waals surface area contributed by atoms with Gasteiger partial charge in [0.2, 0.25) is 0 Å². The monoisotopic (exact) mass is 627 g/mol. The van der Waals surface area contributed by atoms with E-state index in [9.17, 15) is 14.4 Å². The Labute approximate surface area is 243 Å². The van der Waals surface area contributed by atoms with E-state index in [4.69, 9.17) is 27.9 Å². The van der Waals surface area contributed by atoms with Gasteiger partial charge in [0.05, 0.1) is 30.1 Å². The zero-order chi connectivity index (χ0) is 27.7. The molecule has 7 nitrogen and oxygen atoms in total. The molecule has 0 bridgehead atoms. The van der Waals surface area contributed by atoms with Crippen molar-refractivity contribution < 1.29 is 14.3 Å². The van der Waals surface area contributed by atoms with Crippen molar-refractivity contribution in [2.24, 2.45) is 0 Å². The third-order valence-electron chi connectivity index (χ3n) is 6.78. The van der Waals surface area contributed by atoms with E-state index in [-0.39, 0.29) is 42.6 Å². The lowest BCUT2D eigenvalue weighted by molar-refractivity contribution is 0.0707. The molecule has 0 N–H and O–H groups in total. The van der Waals surface area contributed by atoms with E-state index < -0.39 is 0 Å². The second kappa shape index (κ2) is 11.4. The molecular formula is C29H24BrCl2N3O4. The molecule has 1 aliphatic rings. The number of halogens is 3. The maximum Gasteiger partial charge on any atom is 0.333 e. The standard InChI is InChI=1S/C29H24BrCl2N3O4/c1-39-22-10-8-21(9-11-22)35-27(26(36)13-4-18-2-6-20(31)7-3-18)25-17-33(14-15-34(25)29(35)38)28(37)19-5-12-23(30)24(32)16-19/h2-3,5-12,16H,4,13-15,17H2,1H3. The number of aromatic nitrogens is 2. The van der Waals surface area contributed by atoms with Crippen LogP contribution in [-0.4, -0.2) is 39.4 Å². The van der Waals surface area contributed by atoms with Gasteiger partial charge in [-0.25, -0.2) is 4.79 Å². The minimum absolute atomic E-state index is 0.118. The van der Waals surface area contributed by atoms with Gasteiger partial charge < -0.3 is 9.64 Å². The zero-order valence-electron chi connectivity index (χ0n) is 21.0. The van der Waals surface area contributed by atoms with Crippen molar-refractivity contribution in [2.45, 2.75) is 25.9 Å². The first-order valence-electron chi connectivity index (χ1n) is 12.3. The summed E-state index contributed by atoms with van der Waals surface area (Å²) in [7, 11) is 1.56. The smallest absolute Gasteiger partial charge is 0.333 e. The summed E-state index contributed by atoms with van der Waals surface area (Å²) in [6.45, 7) is 0.710. The van der Waals surface area contributed by atoms with E-state index in [1.165, 1.54) is 4.57 Å². The third-order valence-corrected chi connectivity index (χ3v) is 8.27. The van der Waals surface area contributed by atoms with E-state index in [0.29, 0.717) is 50.2 Å². The summed E-state index contributed by atoms with van der Waals surface area (Å²) >= 11 is 15.6. The number of rotatable bonds is 7. The normalized spacial score (nSPS) is 12.8. The number of carbonyl (C=O) groups is 2. The van der Waals surface area contributed by atoms with Crippen molar-refractivity contribution in [1.29, 1.82) is 0 Å². The van der Waals surface area contributed by atoms with Crippen molar-refractivity contribution >= 4 is 50.8 Å². The summed E-state index contributed by atoms with van der Waals surface area (Å²) in [6.07, 6.45) is 0.669. The Morgan fingerprint density at radius 2 is 1.69 bits per heavy atom. The number of benzene rings is 3. The van der Waals surface area contributed by atoms with Crippen molar-refractivity contribution in [3.05, 3.63) is 114 Å². The first-order valence-corrected chi connectivity index (χ1v) is 13.8.